The fraction of sp³-hybridized carbons (Fsp3) is 0.385. The van der Waals surface area contributed by atoms with E-state index in [1.807, 2.05) is 6.92 Å². The van der Waals surface area contributed by atoms with Gasteiger partial charge in [-0.25, -0.2) is 4.39 Å². The van der Waals surface area contributed by atoms with Crippen LogP contribution in [0.25, 0.3) is 11.4 Å². The fourth-order valence-electron chi connectivity index (χ4n) is 1.73. The molecular formula is C13H14ClFN2O2. The van der Waals surface area contributed by atoms with Crippen molar-refractivity contribution in [3.63, 3.8) is 0 Å². The molecule has 1 aromatic heterocycles. The Bertz CT molecular complexity index is 559. The molecular weight excluding hydrogens is 271 g/mol. The van der Waals surface area contributed by atoms with E-state index in [4.69, 9.17) is 16.1 Å². The Kier molecular flexibility index (Phi) is 4.50. The van der Waals surface area contributed by atoms with Crippen LogP contribution in [-0.2, 0) is 6.42 Å². The van der Waals surface area contributed by atoms with Gasteiger partial charge in [-0.3, -0.25) is 0 Å². The fourth-order valence-corrected chi connectivity index (χ4v) is 1.91. The van der Waals surface area contributed by atoms with E-state index < -0.39 is 11.9 Å². The highest BCUT2D eigenvalue weighted by molar-refractivity contribution is 6.31. The maximum absolute atomic E-state index is 13.0. The number of aliphatic hydroxyl groups is 1. The molecule has 1 atom stereocenters. The van der Waals surface area contributed by atoms with Gasteiger partial charge in [0.15, 0.2) is 0 Å². The minimum Gasteiger partial charge on any atom is -0.393 e. The summed E-state index contributed by atoms with van der Waals surface area (Å²) in [6.07, 6.45) is 1.39. The van der Waals surface area contributed by atoms with Gasteiger partial charge in [-0.1, -0.05) is 30.1 Å². The molecule has 0 fully saturated rings. The number of halogens is 2. The number of nitrogens with zero attached hydrogens (tertiary/aromatic N) is 2. The highest BCUT2D eigenvalue weighted by Crippen LogP contribution is 2.23. The van der Waals surface area contributed by atoms with Crippen molar-refractivity contribution < 1.29 is 14.0 Å². The lowest BCUT2D eigenvalue weighted by atomic mass is 10.1. The van der Waals surface area contributed by atoms with Gasteiger partial charge in [-0.15, -0.1) is 0 Å². The van der Waals surface area contributed by atoms with E-state index >= 15 is 0 Å². The summed E-state index contributed by atoms with van der Waals surface area (Å²) >= 11 is 5.69. The summed E-state index contributed by atoms with van der Waals surface area (Å²) in [5, 5.41) is 13.5. The van der Waals surface area contributed by atoms with Crippen molar-refractivity contribution >= 4 is 11.6 Å². The highest BCUT2D eigenvalue weighted by Gasteiger charge is 2.13. The average Bonchev–Trinajstić information content (AvgIpc) is 2.81. The summed E-state index contributed by atoms with van der Waals surface area (Å²) in [6.45, 7) is 1.99. The van der Waals surface area contributed by atoms with E-state index in [1.165, 1.54) is 18.2 Å². The monoisotopic (exact) mass is 284 g/mol. The van der Waals surface area contributed by atoms with Crippen LogP contribution in [0.2, 0.25) is 5.02 Å². The Hall–Kier alpha value is -1.46. The van der Waals surface area contributed by atoms with E-state index in [2.05, 4.69) is 10.1 Å². The lowest BCUT2D eigenvalue weighted by Gasteiger charge is -2.03. The average molecular weight is 285 g/mol. The molecule has 1 unspecified atom stereocenters. The molecule has 0 saturated carbocycles. The van der Waals surface area contributed by atoms with Crippen molar-refractivity contribution in [1.82, 2.24) is 10.1 Å². The topological polar surface area (TPSA) is 59.2 Å². The van der Waals surface area contributed by atoms with E-state index in [9.17, 15) is 9.50 Å². The maximum atomic E-state index is 13.0. The van der Waals surface area contributed by atoms with Crippen LogP contribution >= 0.6 is 11.6 Å². The molecule has 0 aliphatic rings. The van der Waals surface area contributed by atoms with Crippen molar-refractivity contribution in [1.29, 1.82) is 0 Å². The van der Waals surface area contributed by atoms with E-state index in [-0.39, 0.29) is 5.02 Å². The first-order chi connectivity index (χ1) is 9.10. The minimum atomic E-state index is -0.493. The van der Waals surface area contributed by atoms with Gasteiger partial charge in [0.1, 0.15) is 5.82 Å². The minimum absolute atomic E-state index is 0.00914. The van der Waals surface area contributed by atoms with E-state index in [0.29, 0.717) is 30.1 Å². The summed E-state index contributed by atoms with van der Waals surface area (Å²) in [5.41, 5.74) is 0.575. The molecule has 0 radical (unpaired) electrons. The van der Waals surface area contributed by atoms with Gasteiger partial charge in [-0.05, 0) is 24.6 Å². The second-order valence-corrected chi connectivity index (χ2v) is 4.69. The summed E-state index contributed by atoms with van der Waals surface area (Å²) < 4.78 is 18.1. The van der Waals surface area contributed by atoms with Crippen LogP contribution in [0.5, 0.6) is 0 Å². The molecule has 19 heavy (non-hydrogen) atoms. The van der Waals surface area contributed by atoms with Crippen LogP contribution in [-0.4, -0.2) is 21.4 Å². The lowest BCUT2D eigenvalue weighted by molar-refractivity contribution is 0.152. The maximum Gasteiger partial charge on any atom is 0.229 e. The Morgan fingerprint density at radius 2 is 2.26 bits per heavy atom. The Morgan fingerprint density at radius 3 is 2.95 bits per heavy atom. The lowest BCUT2D eigenvalue weighted by Crippen LogP contribution is -2.09. The Balaban J connectivity index is 2.14. The number of rotatable bonds is 5. The summed E-state index contributed by atoms with van der Waals surface area (Å²) in [7, 11) is 0. The predicted octanol–water partition coefficient (Wildman–Crippen LogP) is 3.23. The van der Waals surface area contributed by atoms with Gasteiger partial charge < -0.3 is 9.63 Å². The van der Waals surface area contributed by atoms with E-state index in [1.54, 1.807) is 0 Å². The quantitative estimate of drug-likeness (QED) is 0.916. The highest BCUT2D eigenvalue weighted by atomic mass is 35.5. The van der Waals surface area contributed by atoms with Crippen molar-refractivity contribution in [2.75, 3.05) is 0 Å². The van der Waals surface area contributed by atoms with Crippen LogP contribution < -0.4 is 0 Å². The number of hydrogen-bond acceptors (Lipinski definition) is 4. The zero-order valence-corrected chi connectivity index (χ0v) is 11.2. The smallest absolute Gasteiger partial charge is 0.229 e. The largest absolute Gasteiger partial charge is 0.393 e. The molecule has 2 aromatic rings. The third-order valence-corrected chi connectivity index (χ3v) is 2.97. The molecule has 0 aliphatic carbocycles. The zero-order valence-electron chi connectivity index (χ0n) is 10.4. The summed E-state index contributed by atoms with van der Waals surface area (Å²) in [4.78, 5) is 4.15. The zero-order chi connectivity index (χ0) is 13.8. The van der Waals surface area contributed by atoms with Crippen molar-refractivity contribution in [2.24, 2.45) is 0 Å². The van der Waals surface area contributed by atoms with Gasteiger partial charge in [0, 0.05) is 5.56 Å². The number of hydrogen-bond donors (Lipinski definition) is 1. The van der Waals surface area contributed by atoms with Crippen LogP contribution in [0.15, 0.2) is 22.7 Å². The third kappa shape index (κ3) is 3.52. The second kappa shape index (κ2) is 6.12. The first-order valence-electron chi connectivity index (χ1n) is 6.06. The predicted molar refractivity (Wildman–Crippen MR) is 69.3 cm³/mol. The summed E-state index contributed by atoms with van der Waals surface area (Å²) in [5.74, 6) is 0.199. The molecule has 1 aromatic carbocycles. The van der Waals surface area contributed by atoms with Crippen molar-refractivity contribution in [3.8, 4) is 11.4 Å². The Morgan fingerprint density at radius 1 is 1.47 bits per heavy atom. The van der Waals surface area contributed by atoms with Crippen LogP contribution in [0.4, 0.5) is 4.39 Å². The molecule has 0 aliphatic heterocycles. The normalized spacial score (nSPS) is 12.6. The molecule has 1 heterocycles. The molecule has 0 amide bonds. The first-order valence-corrected chi connectivity index (χ1v) is 6.44. The SMILES string of the molecule is CCCC(O)Cc1nc(-c2ccc(F)c(Cl)c2)no1. The molecule has 6 heteroatoms. The standard InChI is InChI=1S/C13H14ClFN2O2/c1-2-3-9(18)7-12-16-13(17-19-12)8-4-5-11(15)10(14)6-8/h4-6,9,18H,2-3,7H2,1H3. The summed E-state index contributed by atoms with van der Waals surface area (Å²) in [6, 6.07) is 4.21. The Labute approximate surface area is 115 Å². The van der Waals surface area contributed by atoms with Gasteiger partial charge in [0.05, 0.1) is 17.5 Å². The third-order valence-electron chi connectivity index (χ3n) is 2.68. The molecule has 2 rings (SSSR count). The van der Waals surface area contributed by atoms with Crippen molar-refractivity contribution in [2.45, 2.75) is 32.3 Å². The van der Waals surface area contributed by atoms with Crippen molar-refractivity contribution in [3.05, 3.63) is 34.9 Å². The molecule has 102 valence electrons. The van der Waals surface area contributed by atoms with E-state index in [0.717, 1.165) is 6.42 Å². The van der Waals surface area contributed by atoms with Gasteiger partial charge >= 0.3 is 0 Å². The van der Waals surface area contributed by atoms with Crippen LogP contribution in [0.3, 0.4) is 0 Å². The molecule has 1 N–H and O–H groups in total. The van der Waals surface area contributed by atoms with Gasteiger partial charge in [-0.2, -0.15) is 4.98 Å². The molecule has 0 spiro atoms. The number of benzene rings is 1. The van der Waals surface area contributed by atoms with Gasteiger partial charge in [0.25, 0.3) is 0 Å². The number of aromatic nitrogens is 2. The van der Waals surface area contributed by atoms with Gasteiger partial charge in [0.2, 0.25) is 11.7 Å². The molecule has 0 bridgehead atoms. The first kappa shape index (κ1) is 14.0. The molecule has 4 nitrogen and oxygen atoms in total. The molecule has 0 saturated heterocycles. The second-order valence-electron chi connectivity index (χ2n) is 4.29. The van der Waals surface area contributed by atoms with Crippen LogP contribution in [0, 0.1) is 5.82 Å². The number of aliphatic hydroxyl groups excluding tert-OH is 1. The van der Waals surface area contributed by atoms with Crippen LogP contribution in [0.1, 0.15) is 25.7 Å².